The summed E-state index contributed by atoms with van der Waals surface area (Å²) in [5.74, 6) is 0.609. The number of aromatic nitrogens is 4. The van der Waals surface area contributed by atoms with Crippen molar-refractivity contribution in [3.63, 3.8) is 0 Å². The molecular weight excluding hydrogens is 344 g/mol. The van der Waals surface area contributed by atoms with E-state index in [1.807, 2.05) is 6.08 Å². The minimum atomic E-state index is -0.546. The molecule has 0 spiro atoms. The van der Waals surface area contributed by atoms with Gasteiger partial charge in [-0.25, -0.2) is 0 Å². The zero-order valence-electron chi connectivity index (χ0n) is 16.2. The Hall–Kier alpha value is -1.57. The Morgan fingerprint density at radius 2 is 2.04 bits per heavy atom. The summed E-state index contributed by atoms with van der Waals surface area (Å²) in [4.78, 5) is 0. The summed E-state index contributed by atoms with van der Waals surface area (Å²) in [5, 5.41) is 44.4. The molecule has 1 heterocycles. The zero-order chi connectivity index (χ0) is 19.5. The van der Waals surface area contributed by atoms with Gasteiger partial charge in [0.25, 0.3) is 0 Å². The number of H-pyrrole nitrogens is 1. The summed E-state index contributed by atoms with van der Waals surface area (Å²) in [6.45, 7) is 2.14. The molecule has 0 aromatic carbocycles. The van der Waals surface area contributed by atoms with Gasteiger partial charge in [-0.3, -0.25) is 0 Å². The number of hydrogen-bond donors (Lipinski definition) is 4. The first kappa shape index (κ1) is 21.7. The van der Waals surface area contributed by atoms with E-state index in [9.17, 15) is 15.3 Å². The summed E-state index contributed by atoms with van der Waals surface area (Å²) < 4.78 is 0. The van der Waals surface area contributed by atoms with E-state index in [-0.39, 0.29) is 11.8 Å². The number of rotatable bonds is 12. The number of aromatic amines is 1. The standard InChI is InChI=1S/C20H34N4O3/c1-2-3-6-9-15(25)12-13-17-16(18(26)14-19(17)27)10-7-4-5-8-11-20-21-23-24-22-20/h4,7,12-13,15-19,25-27H,2-3,5-6,8-11,14H2,1H3,(H,21,22,23,24)/b7-4-,13-12+/t15-,16-,17+,18-,19+/m0/s1. The van der Waals surface area contributed by atoms with Crippen LogP contribution in [0.15, 0.2) is 24.3 Å². The Balaban J connectivity index is 1.75. The summed E-state index contributed by atoms with van der Waals surface area (Å²) in [6.07, 6.45) is 14.2. The lowest BCUT2D eigenvalue weighted by molar-refractivity contribution is 0.120. The molecule has 1 fully saturated rings. The second-order valence-corrected chi connectivity index (χ2v) is 7.49. The van der Waals surface area contributed by atoms with Crippen LogP contribution in [-0.2, 0) is 6.42 Å². The number of aliphatic hydroxyl groups is 3. The van der Waals surface area contributed by atoms with Gasteiger partial charge in [0.1, 0.15) is 0 Å². The topological polar surface area (TPSA) is 115 Å². The molecule has 7 heteroatoms. The van der Waals surface area contributed by atoms with Crippen LogP contribution in [0, 0.1) is 11.8 Å². The van der Waals surface area contributed by atoms with Gasteiger partial charge in [-0.15, -0.1) is 10.2 Å². The second-order valence-electron chi connectivity index (χ2n) is 7.49. The van der Waals surface area contributed by atoms with Crippen molar-refractivity contribution in [3.8, 4) is 0 Å². The number of aryl methyl sites for hydroxylation is 1. The van der Waals surface area contributed by atoms with Crippen molar-refractivity contribution in [2.75, 3.05) is 0 Å². The van der Waals surface area contributed by atoms with Crippen molar-refractivity contribution in [1.82, 2.24) is 20.6 Å². The van der Waals surface area contributed by atoms with Crippen LogP contribution in [0.3, 0.4) is 0 Å². The van der Waals surface area contributed by atoms with Gasteiger partial charge in [0.2, 0.25) is 0 Å². The molecule has 0 amide bonds. The monoisotopic (exact) mass is 378 g/mol. The summed E-state index contributed by atoms with van der Waals surface area (Å²) in [5.41, 5.74) is 0. The summed E-state index contributed by atoms with van der Waals surface area (Å²) >= 11 is 0. The summed E-state index contributed by atoms with van der Waals surface area (Å²) in [6, 6.07) is 0. The number of tetrazole rings is 1. The van der Waals surface area contributed by atoms with Crippen molar-refractivity contribution < 1.29 is 15.3 Å². The maximum atomic E-state index is 10.3. The molecule has 27 heavy (non-hydrogen) atoms. The van der Waals surface area contributed by atoms with Crippen LogP contribution in [0.4, 0.5) is 0 Å². The molecule has 1 saturated carbocycles. The zero-order valence-corrected chi connectivity index (χ0v) is 16.2. The first-order valence-corrected chi connectivity index (χ1v) is 10.2. The third-order valence-corrected chi connectivity index (χ3v) is 5.31. The largest absolute Gasteiger partial charge is 0.393 e. The van der Waals surface area contributed by atoms with Crippen molar-refractivity contribution in [3.05, 3.63) is 30.1 Å². The Morgan fingerprint density at radius 3 is 2.78 bits per heavy atom. The van der Waals surface area contributed by atoms with E-state index in [2.05, 4.69) is 39.7 Å². The molecule has 152 valence electrons. The van der Waals surface area contributed by atoms with Gasteiger partial charge in [-0.1, -0.05) is 55.7 Å². The van der Waals surface area contributed by atoms with Crippen molar-refractivity contribution in [2.45, 2.75) is 83.0 Å². The third-order valence-electron chi connectivity index (χ3n) is 5.31. The molecule has 1 aromatic heterocycles. The maximum Gasteiger partial charge on any atom is 0.174 e. The minimum Gasteiger partial charge on any atom is -0.393 e. The van der Waals surface area contributed by atoms with E-state index >= 15 is 0 Å². The molecule has 0 aliphatic heterocycles. The molecule has 1 aliphatic carbocycles. The van der Waals surface area contributed by atoms with Crippen LogP contribution in [0.1, 0.15) is 64.1 Å². The maximum absolute atomic E-state index is 10.3. The normalized spacial score (nSPS) is 27.1. The molecule has 0 unspecified atom stereocenters. The lowest BCUT2D eigenvalue weighted by atomic mass is 9.89. The van der Waals surface area contributed by atoms with Gasteiger partial charge in [-0.05, 0) is 31.6 Å². The fourth-order valence-electron chi connectivity index (χ4n) is 3.70. The fraction of sp³-hybridized carbons (Fsp3) is 0.750. The van der Waals surface area contributed by atoms with Gasteiger partial charge in [0.15, 0.2) is 5.82 Å². The number of nitrogens with zero attached hydrogens (tertiary/aromatic N) is 3. The lowest BCUT2D eigenvalue weighted by Gasteiger charge is -2.19. The highest BCUT2D eigenvalue weighted by Gasteiger charge is 2.39. The Labute approximate surface area is 161 Å². The highest BCUT2D eigenvalue weighted by atomic mass is 16.3. The first-order valence-electron chi connectivity index (χ1n) is 10.2. The highest BCUT2D eigenvalue weighted by Crippen LogP contribution is 2.36. The van der Waals surface area contributed by atoms with E-state index in [1.165, 1.54) is 0 Å². The molecule has 0 radical (unpaired) electrons. The molecule has 0 saturated heterocycles. The second kappa shape index (κ2) is 12.0. The third kappa shape index (κ3) is 7.52. The molecule has 7 nitrogen and oxygen atoms in total. The smallest absolute Gasteiger partial charge is 0.174 e. The van der Waals surface area contributed by atoms with Crippen LogP contribution >= 0.6 is 0 Å². The Morgan fingerprint density at radius 1 is 1.19 bits per heavy atom. The fourth-order valence-corrected chi connectivity index (χ4v) is 3.70. The predicted octanol–water partition coefficient (Wildman–Crippen LogP) is 2.32. The number of nitrogens with one attached hydrogen (secondary N) is 1. The molecular formula is C20H34N4O3. The van der Waals surface area contributed by atoms with Gasteiger partial charge in [0.05, 0.1) is 18.3 Å². The van der Waals surface area contributed by atoms with Crippen LogP contribution in [0.25, 0.3) is 0 Å². The van der Waals surface area contributed by atoms with E-state index in [1.54, 1.807) is 6.08 Å². The van der Waals surface area contributed by atoms with E-state index in [0.29, 0.717) is 6.42 Å². The SMILES string of the molecule is CCCCC[C@H](O)/C=C/[C@@H]1[C@H](C/C=C\CCCc2nn[nH]n2)[C@@H](O)C[C@H]1O. The molecule has 4 N–H and O–H groups in total. The van der Waals surface area contributed by atoms with Crippen LogP contribution < -0.4 is 0 Å². The minimum absolute atomic E-state index is 0.00690. The van der Waals surface area contributed by atoms with Crippen LogP contribution in [-0.4, -0.2) is 54.3 Å². The van der Waals surface area contributed by atoms with Crippen LogP contribution in [0.5, 0.6) is 0 Å². The van der Waals surface area contributed by atoms with E-state index in [0.717, 1.165) is 57.2 Å². The molecule has 1 aromatic rings. The predicted molar refractivity (Wildman–Crippen MR) is 104 cm³/mol. The lowest BCUT2D eigenvalue weighted by Crippen LogP contribution is -2.20. The van der Waals surface area contributed by atoms with Gasteiger partial charge < -0.3 is 15.3 Å². The Kier molecular flexibility index (Phi) is 9.66. The van der Waals surface area contributed by atoms with E-state index in [4.69, 9.17) is 0 Å². The van der Waals surface area contributed by atoms with Gasteiger partial charge >= 0.3 is 0 Å². The van der Waals surface area contributed by atoms with E-state index < -0.39 is 18.3 Å². The van der Waals surface area contributed by atoms with Gasteiger partial charge in [-0.2, -0.15) is 5.21 Å². The average molecular weight is 379 g/mol. The molecule has 5 atom stereocenters. The average Bonchev–Trinajstić information content (AvgIpc) is 3.24. The molecule has 2 rings (SSSR count). The van der Waals surface area contributed by atoms with Crippen LogP contribution in [0.2, 0.25) is 0 Å². The van der Waals surface area contributed by atoms with Crippen molar-refractivity contribution >= 4 is 0 Å². The number of unbranched alkanes of at least 4 members (excludes halogenated alkanes) is 3. The number of hydrogen-bond acceptors (Lipinski definition) is 6. The quantitative estimate of drug-likeness (QED) is 0.328. The Bertz CT molecular complexity index is 562. The highest BCUT2D eigenvalue weighted by molar-refractivity contribution is 5.06. The summed E-state index contributed by atoms with van der Waals surface area (Å²) in [7, 11) is 0. The molecule has 1 aliphatic rings. The number of aliphatic hydroxyl groups excluding tert-OH is 3. The van der Waals surface area contributed by atoms with Gasteiger partial charge in [0, 0.05) is 18.8 Å². The van der Waals surface area contributed by atoms with Crippen molar-refractivity contribution in [1.29, 1.82) is 0 Å². The number of allylic oxidation sites excluding steroid dienone is 2. The van der Waals surface area contributed by atoms with Crippen molar-refractivity contribution in [2.24, 2.45) is 11.8 Å². The first-order chi connectivity index (χ1) is 13.1. The molecule has 0 bridgehead atoms.